The molecule has 0 saturated heterocycles. The Morgan fingerprint density at radius 3 is 2.48 bits per heavy atom. The molecule has 21 heavy (non-hydrogen) atoms. The maximum Gasteiger partial charge on any atom is 0.312 e. The van der Waals surface area contributed by atoms with Gasteiger partial charge in [-0.15, -0.1) is 11.3 Å². The number of carboxylic acid groups (broad SMARTS) is 1. The molecule has 112 valence electrons. The SMILES string of the molecule is O=C(O)C(CNS(=O)(=O)c1sccc1Br)c1ccccc1. The van der Waals surface area contributed by atoms with E-state index in [9.17, 15) is 18.3 Å². The molecule has 0 aliphatic rings. The van der Waals surface area contributed by atoms with Crippen LogP contribution in [0.15, 0.2) is 50.5 Å². The van der Waals surface area contributed by atoms with E-state index in [1.54, 1.807) is 41.8 Å². The lowest BCUT2D eigenvalue weighted by Crippen LogP contribution is -2.31. The molecule has 5 nitrogen and oxygen atoms in total. The monoisotopic (exact) mass is 389 g/mol. The van der Waals surface area contributed by atoms with Crippen molar-refractivity contribution >= 4 is 43.3 Å². The number of carbonyl (C=O) groups is 1. The van der Waals surface area contributed by atoms with Crippen LogP contribution in [0, 0.1) is 0 Å². The number of halogens is 1. The number of sulfonamides is 1. The molecule has 2 N–H and O–H groups in total. The molecule has 8 heteroatoms. The number of carboxylic acids is 1. The van der Waals surface area contributed by atoms with Crippen LogP contribution < -0.4 is 4.72 Å². The lowest BCUT2D eigenvalue weighted by atomic mass is 10.00. The fraction of sp³-hybridized carbons (Fsp3) is 0.154. The Kier molecular flexibility index (Phi) is 5.15. The van der Waals surface area contributed by atoms with Gasteiger partial charge in [-0.3, -0.25) is 4.79 Å². The number of benzene rings is 1. The first-order valence-electron chi connectivity index (χ1n) is 5.92. The van der Waals surface area contributed by atoms with Gasteiger partial charge in [0, 0.05) is 11.0 Å². The number of hydrogen-bond acceptors (Lipinski definition) is 4. The van der Waals surface area contributed by atoms with Crippen LogP contribution >= 0.6 is 27.3 Å². The van der Waals surface area contributed by atoms with Gasteiger partial charge in [0.15, 0.2) is 0 Å². The lowest BCUT2D eigenvalue weighted by Gasteiger charge is -2.13. The van der Waals surface area contributed by atoms with Gasteiger partial charge in [-0.05, 0) is 32.9 Å². The number of aliphatic carboxylic acids is 1. The highest BCUT2D eigenvalue weighted by molar-refractivity contribution is 9.10. The molecule has 0 radical (unpaired) electrons. The number of hydrogen-bond donors (Lipinski definition) is 2. The van der Waals surface area contributed by atoms with Gasteiger partial charge in [0.2, 0.25) is 0 Å². The third kappa shape index (κ3) is 3.91. The minimum Gasteiger partial charge on any atom is -0.481 e. The van der Waals surface area contributed by atoms with Crippen molar-refractivity contribution in [3.05, 3.63) is 51.8 Å². The van der Waals surface area contributed by atoms with Gasteiger partial charge in [0.05, 0.1) is 5.92 Å². The minimum atomic E-state index is -3.73. The van der Waals surface area contributed by atoms with E-state index in [1.165, 1.54) is 0 Å². The maximum absolute atomic E-state index is 12.1. The van der Waals surface area contributed by atoms with Crippen LogP contribution in [-0.4, -0.2) is 26.0 Å². The third-order valence-corrected chi connectivity index (χ3v) is 6.90. The summed E-state index contributed by atoms with van der Waals surface area (Å²) in [6, 6.07) is 10.2. The predicted octanol–water partition coefficient (Wildman–Crippen LogP) is 2.66. The molecule has 2 rings (SSSR count). The summed E-state index contributed by atoms with van der Waals surface area (Å²) in [7, 11) is -3.73. The van der Waals surface area contributed by atoms with Crippen LogP contribution in [0.5, 0.6) is 0 Å². The first-order valence-corrected chi connectivity index (χ1v) is 9.08. The van der Waals surface area contributed by atoms with Gasteiger partial charge in [-0.1, -0.05) is 30.3 Å². The molecule has 1 aromatic carbocycles. The van der Waals surface area contributed by atoms with Crippen LogP contribution in [0.4, 0.5) is 0 Å². The topological polar surface area (TPSA) is 83.5 Å². The molecule has 1 heterocycles. The summed E-state index contributed by atoms with van der Waals surface area (Å²) < 4.78 is 27.3. The molecule has 0 bridgehead atoms. The van der Waals surface area contributed by atoms with E-state index in [1.807, 2.05) is 0 Å². The van der Waals surface area contributed by atoms with E-state index >= 15 is 0 Å². The Morgan fingerprint density at radius 1 is 1.29 bits per heavy atom. The molecule has 0 fully saturated rings. The van der Waals surface area contributed by atoms with Crippen LogP contribution in [-0.2, 0) is 14.8 Å². The second-order valence-corrected chi connectivity index (χ2v) is 7.94. The second kappa shape index (κ2) is 6.69. The van der Waals surface area contributed by atoms with E-state index < -0.39 is 21.9 Å². The van der Waals surface area contributed by atoms with E-state index in [0.29, 0.717) is 10.0 Å². The van der Waals surface area contributed by atoms with E-state index in [0.717, 1.165) is 11.3 Å². The van der Waals surface area contributed by atoms with Crippen LogP contribution in [0.25, 0.3) is 0 Å². The fourth-order valence-electron chi connectivity index (χ4n) is 1.76. The zero-order chi connectivity index (χ0) is 15.5. The van der Waals surface area contributed by atoms with Gasteiger partial charge in [-0.25, -0.2) is 13.1 Å². The molecular weight excluding hydrogens is 378 g/mol. The van der Waals surface area contributed by atoms with Gasteiger partial charge >= 0.3 is 5.97 Å². The first-order chi connectivity index (χ1) is 9.92. The number of thiophene rings is 1. The number of nitrogens with one attached hydrogen (secondary N) is 1. The van der Waals surface area contributed by atoms with Crippen LogP contribution in [0.3, 0.4) is 0 Å². The van der Waals surface area contributed by atoms with Gasteiger partial charge in [0.25, 0.3) is 10.0 Å². The Bertz CT molecular complexity index is 728. The third-order valence-electron chi connectivity index (χ3n) is 2.81. The van der Waals surface area contributed by atoms with Crippen molar-refractivity contribution in [3.63, 3.8) is 0 Å². The lowest BCUT2D eigenvalue weighted by molar-refractivity contribution is -0.138. The van der Waals surface area contributed by atoms with Gasteiger partial charge < -0.3 is 5.11 Å². The van der Waals surface area contributed by atoms with Crippen LogP contribution in [0.1, 0.15) is 11.5 Å². The molecule has 0 saturated carbocycles. The quantitative estimate of drug-likeness (QED) is 0.795. The normalized spacial score (nSPS) is 13.0. The van der Waals surface area contributed by atoms with Crippen molar-refractivity contribution in [2.24, 2.45) is 0 Å². The van der Waals surface area contributed by atoms with Gasteiger partial charge in [0.1, 0.15) is 4.21 Å². The summed E-state index contributed by atoms with van der Waals surface area (Å²) in [6.07, 6.45) is 0. The molecule has 1 aromatic heterocycles. The Morgan fingerprint density at radius 2 is 1.95 bits per heavy atom. The summed E-state index contributed by atoms with van der Waals surface area (Å²) in [6.45, 7) is -0.202. The minimum absolute atomic E-state index is 0.139. The van der Waals surface area contributed by atoms with Crippen molar-refractivity contribution in [1.82, 2.24) is 4.72 Å². The molecule has 1 unspecified atom stereocenters. The highest BCUT2D eigenvalue weighted by Gasteiger charge is 2.25. The molecule has 2 aromatic rings. The zero-order valence-electron chi connectivity index (χ0n) is 10.7. The molecule has 0 spiro atoms. The maximum atomic E-state index is 12.1. The van der Waals surface area contributed by atoms with E-state index in [-0.39, 0.29) is 10.8 Å². The van der Waals surface area contributed by atoms with E-state index in [2.05, 4.69) is 20.7 Å². The summed E-state index contributed by atoms with van der Waals surface area (Å²) in [4.78, 5) is 11.3. The summed E-state index contributed by atoms with van der Waals surface area (Å²) in [5, 5.41) is 10.9. The molecule has 0 amide bonds. The van der Waals surface area contributed by atoms with Crippen molar-refractivity contribution in [2.45, 2.75) is 10.1 Å². The summed E-state index contributed by atoms with van der Waals surface area (Å²) >= 11 is 4.23. The Balaban J connectivity index is 2.17. The van der Waals surface area contributed by atoms with Crippen LogP contribution in [0.2, 0.25) is 0 Å². The number of rotatable bonds is 6. The Labute approximate surface area is 134 Å². The molecule has 0 aliphatic carbocycles. The average molecular weight is 390 g/mol. The van der Waals surface area contributed by atoms with Crippen molar-refractivity contribution in [1.29, 1.82) is 0 Å². The van der Waals surface area contributed by atoms with Gasteiger partial charge in [-0.2, -0.15) is 0 Å². The van der Waals surface area contributed by atoms with Crippen molar-refractivity contribution in [3.8, 4) is 0 Å². The largest absolute Gasteiger partial charge is 0.481 e. The van der Waals surface area contributed by atoms with Crippen molar-refractivity contribution < 1.29 is 18.3 Å². The van der Waals surface area contributed by atoms with Crippen molar-refractivity contribution in [2.75, 3.05) is 6.54 Å². The predicted molar refractivity (Wildman–Crippen MR) is 84.0 cm³/mol. The first kappa shape index (κ1) is 16.2. The zero-order valence-corrected chi connectivity index (χ0v) is 13.9. The molecule has 1 atom stereocenters. The summed E-state index contributed by atoms with van der Waals surface area (Å²) in [5.74, 6) is -2.01. The second-order valence-electron chi connectivity index (χ2n) is 4.21. The van der Waals surface area contributed by atoms with E-state index in [4.69, 9.17) is 0 Å². The highest BCUT2D eigenvalue weighted by atomic mass is 79.9. The average Bonchev–Trinajstić information content (AvgIpc) is 2.87. The fourth-order valence-corrected chi connectivity index (χ4v) is 5.19. The Hall–Kier alpha value is -1.22. The summed E-state index contributed by atoms with van der Waals surface area (Å²) in [5.41, 5.74) is 0.554. The smallest absolute Gasteiger partial charge is 0.312 e. The molecular formula is C13H12BrNO4S2. The standard InChI is InChI=1S/C13H12BrNO4S2/c14-11-6-7-20-13(11)21(18,19)15-8-10(12(16)17)9-4-2-1-3-5-9/h1-7,10,15H,8H2,(H,16,17). The highest BCUT2D eigenvalue weighted by Crippen LogP contribution is 2.27. The molecule has 0 aliphatic heterocycles.